The Morgan fingerprint density at radius 1 is 0.872 bits per heavy atom. The van der Waals surface area contributed by atoms with E-state index in [0.29, 0.717) is 5.02 Å². The highest BCUT2D eigenvalue weighted by molar-refractivity contribution is 6.42. The number of likely N-dealkylation sites (N-methyl/N-ethyl adjacent to an activating group) is 1. The van der Waals surface area contributed by atoms with E-state index in [4.69, 9.17) is 23.2 Å². The number of rotatable bonds is 5. The number of nitrogens with zero attached hydrogens (tertiary/aromatic N) is 3. The highest BCUT2D eigenvalue weighted by atomic mass is 35.5. The van der Waals surface area contributed by atoms with Crippen molar-refractivity contribution in [3.63, 3.8) is 0 Å². The molecule has 6 rings (SSSR count). The Hall–Kier alpha value is -3.68. The minimum absolute atomic E-state index is 0.0972. The number of piperazine rings is 1. The molecule has 9 heteroatoms. The molecule has 0 aliphatic carbocycles. The standard InChI is InChI=1S/C30H25Cl2N3O4/c1-33-17-23-24-25(28(38)34(27(24)37)16-19-10-6-3-7-11-19)30(29(33)39,15-18-8-4-2-5-9-18)35(23)26(36)20-12-13-21(31)22(32)14-20/h2-14,23-25H,15-17H2,1H3/t23?,24?,25?,30-/m1/s1. The average molecular weight is 562 g/mol. The van der Waals surface area contributed by atoms with Gasteiger partial charge in [-0.1, -0.05) is 83.9 Å². The third-order valence-electron chi connectivity index (χ3n) is 8.20. The zero-order valence-electron chi connectivity index (χ0n) is 21.1. The summed E-state index contributed by atoms with van der Waals surface area (Å²) >= 11 is 12.4. The normalized spacial score (nSPS) is 25.9. The SMILES string of the molecule is CN1CC2C3C(=O)N(Cc4ccccc4)C(=O)C3[C@](Cc3ccccc3)(C1=O)N2C(=O)c1ccc(Cl)c(Cl)c1. The number of benzene rings is 3. The van der Waals surface area contributed by atoms with Crippen LogP contribution in [0.4, 0.5) is 0 Å². The summed E-state index contributed by atoms with van der Waals surface area (Å²) in [6.45, 7) is 0.256. The molecule has 3 aromatic carbocycles. The second-order valence-corrected chi connectivity index (χ2v) is 11.2. The van der Waals surface area contributed by atoms with E-state index in [0.717, 1.165) is 11.1 Å². The van der Waals surface area contributed by atoms with Gasteiger partial charge in [0, 0.05) is 25.6 Å². The lowest BCUT2D eigenvalue weighted by atomic mass is 9.75. The lowest BCUT2D eigenvalue weighted by Crippen LogP contribution is -2.69. The number of imide groups is 1. The molecular formula is C30H25Cl2N3O4. The van der Waals surface area contributed by atoms with Crippen LogP contribution in [0.15, 0.2) is 78.9 Å². The van der Waals surface area contributed by atoms with Gasteiger partial charge in [-0.2, -0.15) is 0 Å². The Labute approximate surface area is 235 Å². The molecule has 0 saturated carbocycles. The molecule has 0 spiro atoms. The summed E-state index contributed by atoms with van der Waals surface area (Å²) in [5.41, 5.74) is 0.263. The van der Waals surface area contributed by atoms with Crippen molar-refractivity contribution in [1.29, 1.82) is 0 Å². The zero-order valence-corrected chi connectivity index (χ0v) is 22.6. The summed E-state index contributed by atoms with van der Waals surface area (Å²) in [7, 11) is 1.66. The molecule has 4 amide bonds. The Balaban J connectivity index is 1.50. The Morgan fingerprint density at radius 3 is 2.15 bits per heavy atom. The van der Waals surface area contributed by atoms with Crippen molar-refractivity contribution in [2.75, 3.05) is 13.6 Å². The first kappa shape index (κ1) is 25.6. The van der Waals surface area contributed by atoms with E-state index in [-0.39, 0.29) is 41.9 Å². The Morgan fingerprint density at radius 2 is 1.51 bits per heavy atom. The minimum Gasteiger partial charge on any atom is -0.342 e. The number of amides is 4. The van der Waals surface area contributed by atoms with Crippen molar-refractivity contribution in [2.45, 2.75) is 24.5 Å². The number of hydrogen-bond donors (Lipinski definition) is 0. The number of carbonyl (C=O) groups is 4. The fourth-order valence-electron chi connectivity index (χ4n) is 6.57. The molecule has 3 aliphatic rings. The van der Waals surface area contributed by atoms with Gasteiger partial charge in [-0.3, -0.25) is 24.1 Å². The van der Waals surface area contributed by atoms with E-state index in [1.807, 2.05) is 60.7 Å². The molecule has 0 N–H and O–H groups in total. The highest BCUT2D eigenvalue weighted by Crippen LogP contribution is 2.54. The van der Waals surface area contributed by atoms with Gasteiger partial charge in [0.05, 0.1) is 34.5 Å². The number of hydrogen-bond acceptors (Lipinski definition) is 4. The van der Waals surface area contributed by atoms with Crippen molar-refractivity contribution in [3.05, 3.63) is 106 Å². The first-order chi connectivity index (χ1) is 18.7. The van der Waals surface area contributed by atoms with Crippen LogP contribution in [0.5, 0.6) is 0 Å². The van der Waals surface area contributed by atoms with Crippen molar-refractivity contribution >= 4 is 46.8 Å². The van der Waals surface area contributed by atoms with Crippen molar-refractivity contribution < 1.29 is 19.2 Å². The van der Waals surface area contributed by atoms with E-state index in [1.54, 1.807) is 18.0 Å². The van der Waals surface area contributed by atoms with Crippen LogP contribution in [0.3, 0.4) is 0 Å². The second kappa shape index (κ2) is 9.50. The summed E-state index contributed by atoms with van der Waals surface area (Å²) in [4.78, 5) is 60.9. The predicted molar refractivity (Wildman–Crippen MR) is 146 cm³/mol. The quantitative estimate of drug-likeness (QED) is 0.440. The van der Waals surface area contributed by atoms with Crippen molar-refractivity contribution in [2.24, 2.45) is 11.8 Å². The monoisotopic (exact) mass is 561 g/mol. The third kappa shape index (κ3) is 3.86. The number of halogens is 2. The van der Waals surface area contributed by atoms with E-state index in [9.17, 15) is 19.2 Å². The summed E-state index contributed by atoms with van der Waals surface area (Å²) in [6.07, 6.45) is 0.0972. The van der Waals surface area contributed by atoms with Gasteiger partial charge in [0.1, 0.15) is 5.54 Å². The number of likely N-dealkylation sites (tertiary alicyclic amines) is 2. The Bertz CT molecular complexity index is 1500. The molecule has 3 aliphatic heterocycles. The predicted octanol–water partition coefficient (Wildman–Crippen LogP) is 4.07. The van der Waals surface area contributed by atoms with Gasteiger partial charge in [-0.15, -0.1) is 0 Å². The molecule has 7 nitrogen and oxygen atoms in total. The molecule has 0 aromatic heterocycles. The van der Waals surface area contributed by atoms with Gasteiger partial charge in [-0.05, 0) is 29.3 Å². The topological polar surface area (TPSA) is 78.0 Å². The van der Waals surface area contributed by atoms with Gasteiger partial charge in [0.15, 0.2) is 0 Å². The summed E-state index contributed by atoms with van der Waals surface area (Å²) in [5, 5.41) is 0.497. The molecular weight excluding hydrogens is 537 g/mol. The van der Waals surface area contributed by atoms with Crippen LogP contribution in [-0.2, 0) is 27.3 Å². The van der Waals surface area contributed by atoms with Gasteiger partial charge in [0.2, 0.25) is 17.7 Å². The van der Waals surface area contributed by atoms with E-state index in [1.165, 1.54) is 21.9 Å². The fraction of sp³-hybridized carbons (Fsp3) is 0.267. The second-order valence-electron chi connectivity index (χ2n) is 10.4. The van der Waals surface area contributed by atoms with Gasteiger partial charge in [0.25, 0.3) is 5.91 Å². The van der Waals surface area contributed by atoms with Crippen LogP contribution >= 0.6 is 23.2 Å². The van der Waals surface area contributed by atoms with Gasteiger partial charge in [-0.25, -0.2) is 0 Å². The Kier molecular flexibility index (Phi) is 6.24. The lowest BCUT2D eigenvalue weighted by Gasteiger charge is -2.49. The van der Waals surface area contributed by atoms with Gasteiger partial charge < -0.3 is 9.80 Å². The zero-order chi connectivity index (χ0) is 27.5. The third-order valence-corrected chi connectivity index (χ3v) is 8.94. The largest absolute Gasteiger partial charge is 0.342 e. The molecule has 0 radical (unpaired) electrons. The molecule has 39 heavy (non-hydrogen) atoms. The van der Waals surface area contributed by atoms with Crippen LogP contribution in [-0.4, -0.2) is 63.5 Å². The van der Waals surface area contributed by atoms with Gasteiger partial charge >= 0.3 is 0 Å². The maximum Gasteiger partial charge on any atom is 0.255 e. The maximum atomic E-state index is 14.2. The van der Waals surface area contributed by atoms with Crippen molar-refractivity contribution in [3.8, 4) is 0 Å². The summed E-state index contributed by atoms with van der Waals surface area (Å²) in [6, 6.07) is 22.4. The van der Waals surface area contributed by atoms with E-state index < -0.39 is 35.2 Å². The molecule has 2 bridgehead atoms. The molecule has 3 heterocycles. The first-order valence-corrected chi connectivity index (χ1v) is 13.5. The van der Waals surface area contributed by atoms with Crippen LogP contribution in [0.1, 0.15) is 21.5 Å². The lowest BCUT2D eigenvalue weighted by molar-refractivity contribution is -0.155. The first-order valence-electron chi connectivity index (χ1n) is 12.7. The average Bonchev–Trinajstić information content (AvgIpc) is 3.32. The molecule has 3 saturated heterocycles. The summed E-state index contributed by atoms with van der Waals surface area (Å²) < 4.78 is 0. The fourth-order valence-corrected chi connectivity index (χ4v) is 6.87. The van der Waals surface area contributed by atoms with E-state index in [2.05, 4.69) is 0 Å². The van der Waals surface area contributed by atoms with E-state index >= 15 is 0 Å². The van der Waals surface area contributed by atoms with Crippen LogP contribution in [0.2, 0.25) is 10.0 Å². The molecule has 4 atom stereocenters. The minimum atomic E-state index is -1.58. The smallest absolute Gasteiger partial charge is 0.255 e. The van der Waals surface area contributed by atoms with Crippen LogP contribution in [0.25, 0.3) is 0 Å². The maximum absolute atomic E-state index is 14.2. The summed E-state index contributed by atoms with van der Waals surface area (Å²) in [5.74, 6) is -3.45. The molecule has 3 unspecified atom stereocenters. The molecule has 198 valence electrons. The number of carbonyl (C=O) groups excluding carboxylic acids is 4. The highest BCUT2D eigenvalue weighted by Gasteiger charge is 2.75. The molecule has 3 aromatic rings. The molecule has 3 fully saturated rings. The van der Waals surface area contributed by atoms with Crippen molar-refractivity contribution in [1.82, 2.24) is 14.7 Å². The van der Waals surface area contributed by atoms with Crippen LogP contribution in [0, 0.1) is 11.8 Å². The van der Waals surface area contributed by atoms with Crippen LogP contribution < -0.4 is 0 Å². The number of fused-ring (bicyclic) bond motifs is 5.